The molecular formula is C15H16FNO3S. The second-order valence-electron chi connectivity index (χ2n) is 5.67. The first-order valence-corrected chi connectivity index (χ1v) is 7.23. The van der Waals surface area contributed by atoms with Gasteiger partial charge in [-0.05, 0) is 50.4 Å². The largest absolute Gasteiger partial charge is 0.451 e. The molecule has 1 aromatic heterocycles. The quantitative estimate of drug-likeness (QED) is 0.886. The van der Waals surface area contributed by atoms with E-state index in [1.165, 1.54) is 23.5 Å². The predicted molar refractivity (Wildman–Crippen MR) is 80.0 cm³/mol. The molecule has 1 heterocycles. The standard InChI is InChI=1S/C15H16FNO3S/c1-15(2,3)17-13(18)8-20-14(19)12-7-9-6-10(16)4-5-11(9)21-12/h4-7H,8H2,1-3H3,(H,17,18). The summed E-state index contributed by atoms with van der Waals surface area (Å²) < 4.78 is 18.8. The van der Waals surface area contributed by atoms with Crippen LogP contribution >= 0.6 is 11.3 Å². The topological polar surface area (TPSA) is 55.4 Å². The average molecular weight is 309 g/mol. The normalized spacial score (nSPS) is 11.4. The Kier molecular flexibility index (Phi) is 4.27. The smallest absolute Gasteiger partial charge is 0.348 e. The summed E-state index contributed by atoms with van der Waals surface area (Å²) in [6.45, 7) is 5.19. The van der Waals surface area contributed by atoms with Crippen molar-refractivity contribution in [3.8, 4) is 0 Å². The van der Waals surface area contributed by atoms with E-state index in [0.29, 0.717) is 10.3 Å². The van der Waals surface area contributed by atoms with Gasteiger partial charge in [-0.15, -0.1) is 11.3 Å². The van der Waals surface area contributed by atoms with Crippen LogP contribution in [-0.2, 0) is 9.53 Å². The number of benzene rings is 1. The Hall–Kier alpha value is -1.95. The number of carbonyl (C=O) groups is 2. The number of carbonyl (C=O) groups excluding carboxylic acids is 2. The molecule has 4 nitrogen and oxygen atoms in total. The van der Waals surface area contributed by atoms with E-state index in [2.05, 4.69) is 5.32 Å². The Bertz CT molecular complexity index is 688. The van der Waals surface area contributed by atoms with Crippen LogP contribution in [0.15, 0.2) is 24.3 Å². The SMILES string of the molecule is CC(C)(C)NC(=O)COC(=O)c1cc2cc(F)ccc2s1. The highest BCUT2D eigenvalue weighted by Gasteiger charge is 2.17. The molecule has 0 saturated heterocycles. The van der Waals surface area contributed by atoms with Crippen LogP contribution in [0.3, 0.4) is 0 Å². The van der Waals surface area contributed by atoms with Crippen molar-refractivity contribution < 1.29 is 18.7 Å². The van der Waals surface area contributed by atoms with Gasteiger partial charge in [0, 0.05) is 10.2 Å². The fourth-order valence-electron chi connectivity index (χ4n) is 1.77. The van der Waals surface area contributed by atoms with E-state index in [0.717, 1.165) is 4.70 Å². The Morgan fingerprint density at radius 1 is 1.29 bits per heavy atom. The van der Waals surface area contributed by atoms with Crippen LogP contribution in [0.4, 0.5) is 4.39 Å². The van der Waals surface area contributed by atoms with Crippen LogP contribution in [0.1, 0.15) is 30.4 Å². The molecule has 21 heavy (non-hydrogen) atoms. The highest BCUT2D eigenvalue weighted by Crippen LogP contribution is 2.26. The van der Waals surface area contributed by atoms with Gasteiger partial charge in [0.05, 0.1) is 0 Å². The highest BCUT2D eigenvalue weighted by atomic mass is 32.1. The summed E-state index contributed by atoms with van der Waals surface area (Å²) in [6.07, 6.45) is 0. The average Bonchev–Trinajstić information content (AvgIpc) is 2.76. The molecule has 1 amide bonds. The molecule has 6 heteroatoms. The van der Waals surface area contributed by atoms with Gasteiger partial charge in [-0.1, -0.05) is 0 Å². The Balaban J connectivity index is 2.01. The van der Waals surface area contributed by atoms with Gasteiger partial charge in [0.2, 0.25) is 0 Å². The van der Waals surface area contributed by atoms with Crippen LogP contribution in [0.2, 0.25) is 0 Å². The van der Waals surface area contributed by atoms with E-state index >= 15 is 0 Å². The molecular weight excluding hydrogens is 293 g/mol. The van der Waals surface area contributed by atoms with E-state index in [-0.39, 0.29) is 23.9 Å². The summed E-state index contributed by atoms with van der Waals surface area (Å²) in [4.78, 5) is 23.8. The second-order valence-corrected chi connectivity index (χ2v) is 6.75. The van der Waals surface area contributed by atoms with E-state index in [1.807, 2.05) is 20.8 Å². The minimum atomic E-state index is -0.583. The van der Waals surface area contributed by atoms with Gasteiger partial charge in [0.1, 0.15) is 10.7 Å². The van der Waals surface area contributed by atoms with E-state index < -0.39 is 5.97 Å². The monoisotopic (exact) mass is 309 g/mol. The van der Waals surface area contributed by atoms with Gasteiger partial charge in [0.15, 0.2) is 6.61 Å². The zero-order valence-electron chi connectivity index (χ0n) is 12.0. The maximum absolute atomic E-state index is 13.1. The number of esters is 1. The Morgan fingerprint density at radius 3 is 2.67 bits per heavy atom. The number of thiophene rings is 1. The van der Waals surface area contributed by atoms with Crippen molar-refractivity contribution in [2.45, 2.75) is 26.3 Å². The van der Waals surface area contributed by atoms with Crippen molar-refractivity contribution in [3.63, 3.8) is 0 Å². The molecule has 1 aromatic carbocycles. The molecule has 0 fully saturated rings. The summed E-state index contributed by atoms with van der Waals surface area (Å²) in [7, 11) is 0. The fraction of sp³-hybridized carbons (Fsp3) is 0.333. The number of amides is 1. The summed E-state index contributed by atoms with van der Waals surface area (Å²) in [6, 6.07) is 5.87. The molecule has 0 bridgehead atoms. The first-order valence-electron chi connectivity index (χ1n) is 6.42. The lowest BCUT2D eigenvalue weighted by Gasteiger charge is -2.20. The predicted octanol–water partition coefficient (Wildman–Crippen LogP) is 3.11. The summed E-state index contributed by atoms with van der Waals surface area (Å²) in [5.41, 5.74) is -0.376. The van der Waals surface area contributed by atoms with Crippen LogP contribution in [0.25, 0.3) is 10.1 Å². The van der Waals surface area contributed by atoms with Crippen molar-refractivity contribution in [1.82, 2.24) is 5.32 Å². The minimum Gasteiger partial charge on any atom is -0.451 e. The fourth-order valence-corrected chi connectivity index (χ4v) is 2.71. The van der Waals surface area contributed by atoms with E-state index in [1.54, 1.807) is 12.1 Å². The van der Waals surface area contributed by atoms with Gasteiger partial charge in [-0.25, -0.2) is 9.18 Å². The number of nitrogens with one attached hydrogen (secondary N) is 1. The maximum atomic E-state index is 13.1. The van der Waals surface area contributed by atoms with Crippen molar-refractivity contribution in [3.05, 3.63) is 35.0 Å². The maximum Gasteiger partial charge on any atom is 0.348 e. The Morgan fingerprint density at radius 2 is 2.00 bits per heavy atom. The molecule has 0 saturated carbocycles. The van der Waals surface area contributed by atoms with Gasteiger partial charge in [-0.3, -0.25) is 4.79 Å². The second kappa shape index (κ2) is 5.81. The third kappa shape index (κ3) is 4.26. The van der Waals surface area contributed by atoms with Crippen molar-refractivity contribution in [2.24, 2.45) is 0 Å². The number of fused-ring (bicyclic) bond motifs is 1. The number of hydrogen-bond acceptors (Lipinski definition) is 4. The molecule has 0 aliphatic heterocycles. The minimum absolute atomic E-state index is 0.335. The number of ether oxygens (including phenoxy) is 1. The molecule has 2 rings (SSSR count). The number of hydrogen-bond donors (Lipinski definition) is 1. The zero-order valence-corrected chi connectivity index (χ0v) is 12.8. The molecule has 0 aliphatic rings. The van der Waals surface area contributed by atoms with Crippen molar-refractivity contribution in [1.29, 1.82) is 0 Å². The summed E-state index contributed by atoms with van der Waals surface area (Å²) in [5, 5.41) is 3.34. The van der Waals surface area contributed by atoms with Gasteiger partial charge in [-0.2, -0.15) is 0 Å². The van der Waals surface area contributed by atoms with Crippen LogP contribution in [0.5, 0.6) is 0 Å². The van der Waals surface area contributed by atoms with Gasteiger partial charge in [0.25, 0.3) is 5.91 Å². The van der Waals surface area contributed by atoms with Crippen LogP contribution in [0, 0.1) is 5.82 Å². The third-order valence-corrected chi connectivity index (χ3v) is 3.62. The molecule has 0 unspecified atom stereocenters. The number of halogens is 1. The van der Waals surface area contributed by atoms with Crippen LogP contribution in [-0.4, -0.2) is 24.0 Å². The lowest BCUT2D eigenvalue weighted by molar-refractivity contribution is -0.125. The molecule has 112 valence electrons. The third-order valence-electron chi connectivity index (χ3n) is 2.53. The molecule has 0 spiro atoms. The lowest BCUT2D eigenvalue weighted by Crippen LogP contribution is -2.42. The van der Waals surface area contributed by atoms with E-state index in [9.17, 15) is 14.0 Å². The lowest BCUT2D eigenvalue weighted by atomic mass is 10.1. The molecule has 0 aliphatic carbocycles. The Labute approximate surface area is 125 Å². The first-order chi connectivity index (χ1) is 9.74. The number of rotatable bonds is 3. The van der Waals surface area contributed by atoms with E-state index in [4.69, 9.17) is 4.74 Å². The zero-order chi connectivity index (χ0) is 15.6. The first kappa shape index (κ1) is 15.4. The van der Waals surface area contributed by atoms with Crippen molar-refractivity contribution >= 4 is 33.3 Å². The molecule has 0 radical (unpaired) electrons. The molecule has 1 N–H and O–H groups in total. The summed E-state index contributed by atoms with van der Waals surface area (Å²) >= 11 is 1.21. The van der Waals surface area contributed by atoms with Crippen LogP contribution < -0.4 is 5.32 Å². The van der Waals surface area contributed by atoms with Gasteiger partial charge < -0.3 is 10.1 Å². The molecule has 2 aromatic rings. The van der Waals surface area contributed by atoms with Crippen molar-refractivity contribution in [2.75, 3.05) is 6.61 Å². The molecule has 0 atom stereocenters. The van der Waals surface area contributed by atoms with Gasteiger partial charge >= 0.3 is 5.97 Å². The summed E-state index contributed by atoms with van der Waals surface area (Å²) in [5.74, 6) is -1.30. The highest BCUT2D eigenvalue weighted by molar-refractivity contribution is 7.20.